The first-order valence-corrected chi connectivity index (χ1v) is 9.76. The molecule has 0 aromatic heterocycles. The first-order chi connectivity index (χ1) is 15.3. The number of ether oxygens (including phenoxy) is 5. The third-order valence-electron chi connectivity index (χ3n) is 4.89. The molecular weight excluding hydrogens is 416 g/mol. The third kappa shape index (κ3) is 4.32. The lowest BCUT2D eigenvalue weighted by Crippen LogP contribution is -2.17. The number of fused-ring (bicyclic) bond motifs is 2. The molecule has 2 heterocycles. The van der Waals surface area contributed by atoms with Crippen LogP contribution in [0.5, 0.6) is 11.5 Å². The van der Waals surface area contributed by atoms with Crippen molar-refractivity contribution >= 4 is 17.9 Å². The first-order valence-electron chi connectivity index (χ1n) is 9.76. The van der Waals surface area contributed by atoms with E-state index in [0.29, 0.717) is 16.9 Å². The van der Waals surface area contributed by atoms with E-state index in [2.05, 4.69) is 13.2 Å². The molecule has 2 aromatic carbocycles. The highest BCUT2D eigenvalue weighted by molar-refractivity contribution is 5.98. The highest BCUT2D eigenvalue weighted by Crippen LogP contribution is 2.34. The lowest BCUT2D eigenvalue weighted by Gasteiger charge is -2.14. The Morgan fingerprint density at radius 1 is 1.06 bits per heavy atom. The normalized spacial score (nSPS) is 16.0. The molecule has 164 valence electrons. The van der Waals surface area contributed by atoms with Gasteiger partial charge in [-0.15, -0.1) is 0 Å². The number of esters is 3. The van der Waals surface area contributed by atoms with Crippen molar-refractivity contribution in [2.24, 2.45) is 0 Å². The van der Waals surface area contributed by atoms with Crippen LogP contribution in [0.2, 0.25) is 0 Å². The Labute approximate surface area is 184 Å². The molecule has 8 nitrogen and oxygen atoms in total. The number of rotatable bonds is 7. The number of carbonyl (C=O) groups excluding carboxylic acids is 3. The molecule has 1 atom stereocenters. The molecular formula is C24H20O8. The zero-order valence-corrected chi connectivity index (χ0v) is 17.3. The molecule has 0 saturated heterocycles. The van der Waals surface area contributed by atoms with Gasteiger partial charge in [0.25, 0.3) is 0 Å². The number of cyclic esters (lactones) is 1. The van der Waals surface area contributed by atoms with Gasteiger partial charge in [-0.05, 0) is 36.8 Å². The summed E-state index contributed by atoms with van der Waals surface area (Å²) in [6.45, 7) is 9.09. The fourth-order valence-electron chi connectivity index (χ4n) is 3.22. The van der Waals surface area contributed by atoms with Gasteiger partial charge in [0.15, 0.2) is 6.29 Å². The van der Waals surface area contributed by atoms with Crippen molar-refractivity contribution in [3.63, 3.8) is 0 Å². The standard InChI is InChI=1S/C24H20O8/c1-13(2)21(25)31-17-7-8-18-16(9-17)12-30-24(18)29-10-14(3)22(26)32-19-6-4-5-15-11-28-23(27)20(15)19/h4-9,24H,1,3,10-12H2,2H3. The average Bonchev–Trinajstić information content (AvgIpc) is 3.35. The quantitative estimate of drug-likeness (QED) is 0.369. The van der Waals surface area contributed by atoms with Crippen molar-refractivity contribution in [3.05, 3.63) is 83.0 Å². The van der Waals surface area contributed by atoms with Gasteiger partial charge in [0.1, 0.15) is 23.7 Å². The van der Waals surface area contributed by atoms with Crippen LogP contribution in [-0.4, -0.2) is 24.5 Å². The summed E-state index contributed by atoms with van der Waals surface area (Å²) in [6, 6.07) is 9.98. The first kappa shape index (κ1) is 21.5. The Morgan fingerprint density at radius 2 is 1.88 bits per heavy atom. The highest BCUT2D eigenvalue weighted by Gasteiger charge is 2.28. The summed E-state index contributed by atoms with van der Waals surface area (Å²) in [6.07, 6.45) is -0.712. The summed E-state index contributed by atoms with van der Waals surface area (Å²) in [5.41, 5.74) is 2.81. The van der Waals surface area contributed by atoms with Crippen molar-refractivity contribution in [1.29, 1.82) is 0 Å². The maximum Gasteiger partial charge on any atom is 0.342 e. The fraction of sp³-hybridized carbons (Fsp3) is 0.208. The summed E-state index contributed by atoms with van der Waals surface area (Å²) >= 11 is 0. The molecule has 8 heteroatoms. The van der Waals surface area contributed by atoms with Crippen molar-refractivity contribution in [1.82, 2.24) is 0 Å². The lowest BCUT2D eigenvalue weighted by molar-refractivity contribution is -0.141. The van der Waals surface area contributed by atoms with Crippen molar-refractivity contribution in [3.8, 4) is 11.5 Å². The molecule has 2 aliphatic heterocycles. The molecule has 0 radical (unpaired) electrons. The van der Waals surface area contributed by atoms with Gasteiger partial charge < -0.3 is 23.7 Å². The molecule has 0 aliphatic carbocycles. The van der Waals surface area contributed by atoms with E-state index >= 15 is 0 Å². The van der Waals surface area contributed by atoms with Crippen molar-refractivity contribution in [2.45, 2.75) is 26.4 Å². The summed E-state index contributed by atoms with van der Waals surface area (Å²) < 4.78 is 26.8. The van der Waals surface area contributed by atoms with Gasteiger partial charge in [-0.1, -0.05) is 25.3 Å². The minimum atomic E-state index is -0.724. The molecule has 1 unspecified atom stereocenters. The third-order valence-corrected chi connectivity index (χ3v) is 4.89. The molecule has 0 fully saturated rings. The van der Waals surface area contributed by atoms with Gasteiger partial charge >= 0.3 is 17.9 Å². The van der Waals surface area contributed by atoms with Crippen LogP contribution in [0, 0.1) is 0 Å². The van der Waals surface area contributed by atoms with Crippen LogP contribution in [0.15, 0.2) is 60.7 Å². The molecule has 0 amide bonds. The van der Waals surface area contributed by atoms with E-state index in [0.717, 1.165) is 11.1 Å². The topological polar surface area (TPSA) is 97.4 Å². The summed E-state index contributed by atoms with van der Waals surface area (Å²) in [4.78, 5) is 36.0. The smallest absolute Gasteiger partial charge is 0.342 e. The molecule has 2 aliphatic rings. The van der Waals surface area contributed by atoms with Crippen LogP contribution in [0.25, 0.3) is 0 Å². The van der Waals surface area contributed by atoms with E-state index in [1.165, 1.54) is 6.07 Å². The molecule has 2 aromatic rings. The zero-order valence-electron chi connectivity index (χ0n) is 17.3. The predicted molar refractivity (Wildman–Crippen MR) is 111 cm³/mol. The predicted octanol–water partition coefficient (Wildman–Crippen LogP) is 3.55. The van der Waals surface area contributed by atoms with E-state index in [4.69, 9.17) is 23.7 Å². The van der Waals surface area contributed by atoms with Crippen LogP contribution < -0.4 is 9.47 Å². The maximum atomic E-state index is 12.4. The monoisotopic (exact) mass is 436 g/mol. The minimum absolute atomic E-state index is 0.0537. The zero-order chi connectivity index (χ0) is 22.8. The van der Waals surface area contributed by atoms with Gasteiger partial charge in [0.2, 0.25) is 0 Å². The van der Waals surface area contributed by atoms with Gasteiger partial charge in [0, 0.05) is 16.7 Å². The molecule has 4 rings (SSSR count). The van der Waals surface area contributed by atoms with Crippen LogP contribution in [-0.2, 0) is 37.0 Å². The lowest BCUT2D eigenvalue weighted by atomic mass is 10.1. The van der Waals surface area contributed by atoms with E-state index in [1.807, 2.05) is 0 Å². The van der Waals surface area contributed by atoms with Crippen molar-refractivity contribution < 1.29 is 38.1 Å². The van der Waals surface area contributed by atoms with Crippen LogP contribution in [0.3, 0.4) is 0 Å². The number of hydrogen-bond donors (Lipinski definition) is 0. The van der Waals surface area contributed by atoms with Crippen LogP contribution in [0.4, 0.5) is 0 Å². The minimum Gasteiger partial charge on any atom is -0.457 e. The maximum absolute atomic E-state index is 12.4. The Kier molecular flexibility index (Phi) is 5.89. The van der Waals surface area contributed by atoms with E-state index in [-0.39, 0.29) is 36.7 Å². The second kappa shape index (κ2) is 8.78. The summed E-state index contributed by atoms with van der Waals surface area (Å²) in [5.74, 6) is -1.27. The van der Waals surface area contributed by atoms with Crippen LogP contribution in [0.1, 0.15) is 40.3 Å². The molecule has 0 bridgehead atoms. The largest absolute Gasteiger partial charge is 0.457 e. The van der Waals surface area contributed by atoms with Crippen LogP contribution >= 0.6 is 0 Å². The fourth-order valence-corrected chi connectivity index (χ4v) is 3.22. The van der Waals surface area contributed by atoms with Gasteiger partial charge in [0.05, 0.1) is 18.8 Å². The SMILES string of the molecule is C=C(C)C(=O)Oc1ccc2c(c1)COC2OCC(=C)C(=O)Oc1cccc2c1C(=O)OC2. The van der Waals surface area contributed by atoms with E-state index < -0.39 is 24.2 Å². The number of carbonyl (C=O) groups is 3. The molecule has 32 heavy (non-hydrogen) atoms. The molecule has 0 spiro atoms. The second-order valence-corrected chi connectivity index (χ2v) is 7.34. The average molecular weight is 436 g/mol. The summed E-state index contributed by atoms with van der Waals surface area (Å²) in [5, 5.41) is 0. The van der Waals surface area contributed by atoms with E-state index in [1.54, 1.807) is 37.3 Å². The highest BCUT2D eigenvalue weighted by atomic mass is 16.7. The molecule has 0 saturated carbocycles. The van der Waals surface area contributed by atoms with Crippen molar-refractivity contribution in [2.75, 3.05) is 6.61 Å². The Morgan fingerprint density at radius 3 is 2.66 bits per heavy atom. The number of hydrogen-bond acceptors (Lipinski definition) is 8. The Hall–Kier alpha value is -3.75. The second-order valence-electron chi connectivity index (χ2n) is 7.34. The van der Waals surface area contributed by atoms with E-state index in [9.17, 15) is 14.4 Å². The molecule has 0 N–H and O–H groups in total. The summed E-state index contributed by atoms with van der Waals surface area (Å²) in [7, 11) is 0. The van der Waals surface area contributed by atoms with Gasteiger partial charge in [-0.2, -0.15) is 0 Å². The Bertz CT molecular complexity index is 1150. The number of benzene rings is 2. The van der Waals surface area contributed by atoms with Gasteiger partial charge in [-0.25, -0.2) is 14.4 Å². The Balaban J connectivity index is 1.35. The van der Waals surface area contributed by atoms with Gasteiger partial charge in [-0.3, -0.25) is 0 Å².